The molecule has 0 radical (unpaired) electrons. The third kappa shape index (κ3) is 4.40. The fourth-order valence-corrected chi connectivity index (χ4v) is 3.59. The highest BCUT2D eigenvalue weighted by Gasteiger charge is 2.18. The number of aromatic nitrogens is 3. The van der Waals surface area contributed by atoms with Crippen LogP contribution in [0.2, 0.25) is 0 Å². The molecule has 3 aromatic rings. The second-order valence-corrected chi connectivity index (χ2v) is 7.53. The van der Waals surface area contributed by atoms with Crippen molar-refractivity contribution >= 4 is 17.5 Å². The van der Waals surface area contributed by atoms with Crippen molar-refractivity contribution in [2.24, 2.45) is 0 Å². The number of fused-ring (bicyclic) bond motifs is 1. The van der Waals surface area contributed by atoms with Crippen LogP contribution >= 0.6 is 0 Å². The van der Waals surface area contributed by atoms with Gasteiger partial charge in [0.1, 0.15) is 11.9 Å². The molecular formula is C23H25N5O2. The monoisotopic (exact) mass is 403 g/mol. The largest absolute Gasteiger partial charge is 0.341 e. The Morgan fingerprint density at radius 1 is 0.967 bits per heavy atom. The quantitative estimate of drug-likeness (QED) is 0.683. The number of nitrogens with zero attached hydrogens (tertiary/aromatic N) is 3. The molecule has 0 saturated carbocycles. The SMILES string of the molecule is CC(NC(=O)c1ccccc1)C(=O)Nc1ccc(-c2nnc3n2CCCCC3)cc1. The molecule has 2 amide bonds. The molecule has 1 aliphatic rings. The predicted molar refractivity (Wildman–Crippen MR) is 115 cm³/mol. The number of amides is 2. The lowest BCUT2D eigenvalue weighted by Crippen LogP contribution is -2.41. The third-order valence-electron chi connectivity index (χ3n) is 5.30. The number of hydrogen-bond donors (Lipinski definition) is 2. The van der Waals surface area contributed by atoms with Crippen molar-refractivity contribution in [1.82, 2.24) is 20.1 Å². The number of aryl methyl sites for hydroxylation is 1. The Balaban J connectivity index is 1.39. The van der Waals surface area contributed by atoms with Crippen LogP contribution in [0.4, 0.5) is 5.69 Å². The lowest BCUT2D eigenvalue weighted by atomic mass is 10.1. The molecule has 7 nitrogen and oxygen atoms in total. The van der Waals surface area contributed by atoms with Gasteiger partial charge in [-0.25, -0.2) is 0 Å². The van der Waals surface area contributed by atoms with Crippen LogP contribution in [-0.2, 0) is 17.8 Å². The molecule has 0 saturated heterocycles. The maximum absolute atomic E-state index is 12.5. The maximum atomic E-state index is 12.5. The Bertz CT molecular complexity index is 1030. The summed E-state index contributed by atoms with van der Waals surface area (Å²) >= 11 is 0. The van der Waals surface area contributed by atoms with Gasteiger partial charge in [-0.3, -0.25) is 9.59 Å². The first kappa shape index (κ1) is 19.8. The van der Waals surface area contributed by atoms with Gasteiger partial charge < -0.3 is 15.2 Å². The Morgan fingerprint density at radius 2 is 1.73 bits per heavy atom. The van der Waals surface area contributed by atoms with Crippen LogP contribution in [0.15, 0.2) is 54.6 Å². The molecule has 2 heterocycles. The third-order valence-corrected chi connectivity index (χ3v) is 5.30. The first-order valence-electron chi connectivity index (χ1n) is 10.3. The molecule has 0 spiro atoms. The second kappa shape index (κ2) is 8.90. The lowest BCUT2D eigenvalue weighted by molar-refractivity contribution is -0.117. The fraction of sp³-hybridized carbons (Fsp3) is 0.304. The van der Waals surface area contributed by atoms with E-state index in [2.05, 4.69) is 25.4 Å². The molecule has 0 aliphatic carbocycles. The van der Waals surface area contributed by atoms with Gasteiger partial charge in [0, 0.05) is 29.8 Å². The second-order valence-electron chi connectivity index (χ2n) is 7.53. The first-order valence-corrected chi connectivity index (χ1v) is 10.3. The van der Waals surface area contributed by atoms with E-state index in [1.807, 2.05) is 30.3 Å². The van der Waals surface area contributed by atoms with Gasteiger partial charge in [-0.15, -0.1) is 10.2 Å². The van der Waals surface area contributed by atoms with Crippen molar-refractivity contribution in [1.29, 1.82) is 0 Å². The molecule has 0 bridgehead atoms. The van der Waals surface area contributed by atoms with E-state index < -0.39 is 6.04 Å². The number of anilines is 1. The minimum atomic E-state index is -0.662. The molecule has 0 fully saturated rings. The van der Waals surface area contributed by atoms with Gasteiger partial charge in [0.25, 0.3) is 5.91 Å². The molecule has 154 valence electrons. The molecular weight excluding hydrogens is 378 g/mol. The van der Waals surface area contributed by atoms with E-state index in [1.54, 1.807) is 31.2 Å². The molecule has 30 heavy (non-hydrogen) atoms. The van der Waals surface area contributed by atoms with Crippen molar-refractivity contribution in [2.45, 2.75) is 45.2 Å². The number of benzene rings is 2. The highest BCUT2D eigenvalue weighted by atomic mass is 16.2. The fourth-order valence-electron chi connectivity index (χ4n) is 3.59. The summed E-state index contributed by atoms with van der Waals surface area (Å²) < 4.78 is 2.20. The van der Waals surface area contributed by atoms with Crippen molar-refractivity contribution in [3.05, 3.63) is 66.0 Å². The van der Waals surface area contributed by atoms with Crippen molar-refractivity contribution < 1.29 is 9.59 Å². The molecule has 1 aromatic heterocycles. The molecule has 7 heteroatoms. The van der Waals surface area contributed by atoms with E-state index in [-0.39, 0.29) is 11.8 Å². The van der Waals surface area contributed by atoms with Gasteiger partial charge in [-0.2, -0.15) is 0 Å². The van der Waals surface area contributed by atoms with E-state index in [4.69, 9.17) is 0 Å². The first-order chi connectivity index (χ1) is 14.6. The van der Waals surface area contributed by atoms with Gasteiger partial charge in [-0.05, 0) is 56.2 Å². The highest BCUT2D eigenvalue weighted by Crippen LogP contribution is 2.24. The number of rotatable bonds is 5. The van der Waals surface area contributed by atoms with Crippen LogP contribution in [-0.4, -0.2) is 32.6 Å². The lowest BCUT2D eigenvalue weighted by Gasteiger charge is -2.14. The summed E-state index contributed by atoms with van der Waals surface area (Å²) in [5.41, 5.74) is 2.16. The van der Waals surface area contributed by atoms with Crippen LogP contribution in [0.3, 0.4) is 0 Å². The summed E-state index contributed by atoms with van der Waals surface area (Å²) in [6.45, 7) is 2.60. The predicted octanol–water partition coefficient (Wildman–Crippen LogP) is 3.43. The smallest absolute Gasteiger partial charge is 0.251 e. The molecule has 2 aromatic carbocycles. The van der Waals surface area contributed by atoms with E-state index >= 15 is 0 Å². The summed E-state index contributed by atoms with van der Waals surface area (Å²) in [6, 6.07) is 15.7. The Morgan fingerprint density at radius 3 is 2.50 bits per heavy atom. The Hall–Kier alpha value is -3.48. The summed E-state index contributed by atoms with van der Waals surface area (Å²) in [5.74, 6) is 1.36. The average molecular weight is 403 g/mol. The summed E-state index contributed by atoms with van der Waals surface area (Å²) in [4.78, 5) is 24.7. The Kier molecular flexibility index (Phi) is 5.88. The van der Waals surface area contributed by atoms with Crippen LogP contribution in [0, 0.1) is 0 Å². The van der Waals surface area contributed by atoms with Gasteiger partial charge in [-0.1, -0.05) is 24.6 Å². The average Bonchev–Trinajstić information content (AvgIpc) is 3.02. The van der Waals surface area contributed by atoms with E-state index in [1.165, 1.54) is 6.42 Å². The number of carbonyl (C=O) groups is 2. The molecule has 1 aliphatic heterocycles. The molecule has 2 N–H and O–H groups in total. The zero-order valence-corrected chi connectivity index (χ0v) is 17.0. The molecule has 1 atom stereocenters. The summed E-state index contributed by atoms with van der Waals surface area (Å²) in [5, 5.41) is 14.3. The summed E-state index contributed by atoms with van der Waals surface area (Å²) in [6.07, 6.45) is 4.47. The Labute approximate surface area is 175 Å². The van der Waals surface area contributed by atoms with Crippen LogP contribution in [0.25, 0.3) is 11.4 Å². The number of carbonyl (C=O) groups excluding carboxylic acids is 2. The van der Waals surface area contributed by atoms with Crippen LogP contribution < -0.4 is 10.6 Å². The van der Waals surface area contributed by atoms with Crippen molar-refractivity contribution in [2.75, 3.05) is 5.32 Å². The molecule has 4 rings (SSSR count). The molecule has 1 unspecified atom stereocenters. The summed E-state index contributed by atoms with van der Waals surface area (Å²) in [7, 11) is 0. The van der Waals surface area contributed by atoms with Gasteiger partial charge in [0.15, 0.2) is 5.82 Å². The van der Waals surface area contributed by atoms with Crippen molar-refractivity contribution in [3.8, 4) is 11.4 Å². The zero-order chi connectivity index (χ0) is 20.9. The van der Waals surface area contributed by atoms with E-state index in [0.29, 0.717) is 11.3 Å². The highest BCUT2D eigenvalue weighted by molar-refractivity contribution is 6.01. The van der Waals surface area contributed by atoms with Crippen LogP contribution in [0.1, 0.15) is 42.4 Å². The van der Waals surface area contributed by atoms with Gasteiger partial charge in [0.2, 0.25) is 5.91 Å². The van der Waals surface area contributed by atoms with E-state index in [0.717, 1.165) is 43.0 Å². The topological polar surface area (TPSA) is 88.9 Å². The van der Waals surface area contributed by atoms with Gasteiger partial charge in [0.05, 0.1) is 0 Å². The zero-order valence-electron chi connectivity index (χ0n) is 17.0. The van der Waals surface area contributed by atoms with Crippen molar-refractivity contribution in [3.63, 3.8) is 0 Å². The minimum absolute atomic E-state index is 0.275. The van der Waals surface area contributed by atoms with Gasteiger partial charge >= 0.3 is 0 Å². The standard InChI is InChI=1S/C23H25N5O2/c1-16(24-23(30)18-8-4-2-5-9-18)22(29)25-19-13-11-17(12-14-19)21-27-26-20-10-6-3-7-15-28(20)21/h2,4-5,8-9,11-14,16H,3,6-7,10,15H2,1H3,(H,24,30)(H,25,29). The van der Waals surface area contributed by atoms with E-state index in [9.17, 15) is 9.59 Å². The van der Waals surface area contributed by atoms with Crippen LogP contribution in [0.5, 0.6) is 0 Å². The number of hydrogen-bond acceptors (Lipinski definition) is 4. The normalized spacial score (nSPS) is 14.3. The number of nitrogens with one attached hydrogen (secondary N) is 2. The maximum Gasteiger partial charge on any atom is 0.251 e. The minimum Gasteiger partial charge on any atom is -0.341 e.